The standard InChI is InChI=1S/C16H33N5O3S/c1-6-25(23,24)21-11-7-13(8-12-21)20-15(17-5)19-10-9-18-14(22)16(2,3)4/h13H,6-12H2,1-5H3,(H,18,22)(H2,17,19,20). The summed E-state index contributed by atoms with van der Waals surface area (Å²) in [5, 5.41) is 9.36. The molecule has 0 aromatic carbocycles. The molecule has 1 rings (SSSR count). The minimum atomic E-state index is -3.10. The fraction of sp³-hybridized carbons (Fsp3) is 0.875. The first-order chi connectivity index (χ1) is 11.6. The zero-order valence-corrected chi connectivity index (χ0v) is 16.9. The molecule has 1 amide bonds. The van der Waals surface area contributed by atoms with Gasteiger partial charge >= 0.3 is 0 Å². The van der Waals surface area contributed by atoms with E-state index in [4.69, 9.17) is 0 Å². The number of carbonyl (C=O) groups excluding carboxylic acids is 1. The van der Waals surface area contributed by atoms with E-state index in [1.165, 1.54) is 0 Å². The van der Waals surface area contributed by atoms with Gasteiger partial charge in [-0.3, -0.25) is 9.79 Å². The normalized spacial score (nSPS) is 18.0. The first-order valence-electron chi connectivity index (χ1n) is 8.83. The topological polar surface area (TPSA) is 103 Å². The lowest BCUT2D eigenvalue weighted by molar-refractivity contribution is -0.128. The van der Waals surface area contributed by atoms with E-state index in [2.05, 4.69) is 20.9 Å². The number of guanidine groups is 1. The summed E-state index contributed by atoms with van der Waals surface area (Å²) in [6.45, 7) is 9.46. The number of nitrogens with one attached hydrogen (secondary N) is 3. The van der Waals surface area contributed by atoms with Crippen molar-refractivity contribution >= 4 is 21.9 Å². The molecule has 1 fully saturated rings. The van der Waals surface area contributed by atoms with Gasteiger partial charge in [-0.1, -0.05) is 20.8 Å². The Morgan fingerprint density at radius 3 is 2.20 bits per heavy atom. The molecule has 0 radical (unpaired) electrons. The first kappa shape index (κ1) is 21.7. The van der Waals surface area contributed by atoms with Crippen LogP contribution in [-0.4, -0.2) is 69.6 Å². The largest absolute Gasteiger partial charge is 0.355 e. The Morgan fingerprint density at radius 2 is 1.72 bits per heavy atom. The molecule has 0 aromatic heterocycles. The number of piperidine rings is 1. The Hall–Kier alpha value is -1.35. The van der Waals surface area contributed by atoms with Crippen LogP contribution in [0.2, 0.25) is 0 Å². The summed E-state index contributed by atoms with van der Waals surface area (Å²) in [4.78, 5) is 16.0. The molecule has 9 heteroatoms. The molecule has 25 heavy (non-hydrogen) atoms. The average molecular weight is 376 g/mol. The molecule has 0 bridgehead atoms. The van der Waals surface area contributed by atoms with Crippen molar-refractivity contribution in [3.8, 4) is 0 Å². The van der Waals surface area contributed by atoms with Gasteiger partial charge in [0.05, 0.1) is 5.75 Å². The number of nitrogens with zero attached hydrogens (tertiary/aromatic N) is 2. The second-order valence-corrected chi connectivity index (χ2v) is 9.48. The van der Waals surface area contributed by atoms with E-state index in [1.807, 2.05) is 20.8 Å². The molecule has 1 aliphatic heterocycles. The SMILES string of the molecule is CCS(=O)(=O)N1CCC(NC(=NC)NCCNC(=O)C(C)(C)C)CC1. The molecule has 1 saturated heterocycles. The van der Waals surface area contributed by atoms with Gasteiger partial charge in [-0.05, 0) is 19.8 Å². The molecule has 3 N–H and O–H groups in total. The monoisotopic (exact) mass is 375 g/mol. The third-order valence-corrected chi connectivity index (χ3v) is 6.04. The summed E-state index contributed by atoms with van der Waals surface area (Å²) in [5.74, 6) is 0.831. The zero-order chi connectivity index (χ0) is 19.1. The van der Waals surface area contributed by atoms with Crippen molar-refractivity contribution in [2.75, 3.05) is 39.0 Å². The van der Waals surface area contributed by atoms with Gasteiger partial charge in [0.25, 0.3) is 0 Å². The maximum atomic E-state index is 11.9. The van der Waals surface area contributed by atoms with Gasteiger partial charge in [0, 0.05) is 44.7 Å². The van der Waals surface area contributed by atoms with Crippen LogP contribution in [0.5, 0.6) is 0 Å². The second-order valence-electron chi connectivity index (χ2n) is 7.22. The van der Waals surface area contributed by atoms with Crippen LogP contribution in [0.15, 0.2) is 4.99 Å². The fourth-order valence-electron chi connectivity index (χ4n) is 2.47. The van der Waals surface area contributed by atoms with Gasteiger partial charge in [0.1, 0.15) is 0 Å². The highest BCUT2D eigenvalue weighted by Crippen LogP contribution is 2.14. The molecule has 0 atom stereocenters. The molecule has 0 saturated carbocycles. The van der Waals surface area contributed by atoms with Crippen LogP contribution in [0.1, 0.15) is 40.5 Å². The first-order valence-corrected chi connectivity index (χ1v) is 10.4. The van der Waals surface area contributed by atoms with Crippen molar-refractivity contribution in [1.29, 1.82) is 0 Å². The Morgan fingerprint density at radius 1 is 1.16 bits per heavy atom. The van der Waals surface area contributed by atoms with Crippen LogP contribution < -0.4 is 16.0 Å². The van der Waals surface area contributed by atoms with Crippen LogP contribution >= 0.6 is 0 Å². The Bertz CT molecular complexity index is 561. The minimum absolute atomic E-state index is 0.0155. The van der Waals surface area contributed by atoms with Gasteiger partial charge in [0.2, 0.25) is 15.9 Å². The fourth-order valence-corrected chi connectivity index (χ4v) is 3.60. The summed E-state index contributed by atoms with van der Waals surface area (Å²) in [6, 6.07) is 0.193. The third kappa shape index (κ3) is 7.19. The van der Waals surface area contributed by atoms with Crippen LogP contribution in [-0.2, 0) is 14.8 Å². The average Bonchev–Trinajstić information content (AvgIpc) is 2.56. The maximum absolute atomic E-state index is 11.9. The quantitative estimate of drug-likeness (QED) is 0.348. The number of hydrogen-bond acceptors (Lipinski definition) is 4. The van der Waals surface area contributed by atoms with Gasteiger partial charge in [-0.2, -0.15) is 0 Å². The molecule has 1 aliphatic rings. The van der Waals surface area contributed by atoms with Crippen LogP contribution in [0.3, 0.4) is 0 Å². The van der Waals surface area contributed by atoms with Gasteiger partial charge in [0.15, 0.2) is 5.96 Å². The molecular formula is C16H33N5O3S. The molecular weight excluding hydrogens is 342 g/mol. The number of sulfonamides is 1. The van der Waals surface area contributed by atoms with Crippen LogP contribution in [0.25, 0.3) is 0 Å². The highest BCUT2D eigenvalue weighted by molar-refractivity contribution is 7.89. The van der Waals surface area contributed by atoms with Crippen molar-refractivity contribution in [2.45, 2.75) is 46.6 Å². The van der Waals surface area contributed by atoms with Crippen molar-refractivity contribution < 1.29 is 13.2 Å². The summed E-state index contributed by atoms with van der Waals surface area (Å²) < 4.78 is 25.3. The van der Waals surface area contributed by atoms with E-state index in [0.717, 1.165) is 12.8 Å². The molecule has 0 aliphatic carbocycles. The van der Waals surface area contributed by atoms with E-state index in [9.17, 15) is 13.2 Å². The predicted molar refractivity (Wildman–Crippen MR) is 101 cm³/mol. The number of hydrogen-bond donors (Lipinski definition) is 3. The van der Waals surface area contributed by atoms with E-state index in [0.29, 0.717) is 32.1 Å². The zero-order valence-electron chi connectivity index (χ0n) is 16.1. The van der Waals surface area contributed by atoms with E-state index in [-0.39, 0.29) is 17.7 Å². The molecule has 8 nitrogen and oxygen atoms in total. The highest BCUT2D eigenvalue weighted by atomic mass is 32.2. The molecule has 1 heterocycles. The van der Waals surface area contributed by atoms with Gasteiger partial charge < -0.3 is 16.0 Å². The van der Waals surface area contributed by atoms with Crippen molar-refractivity contribution in [1.82, 2.24) is 20.3 Å². The lowest BCUT2D eigenvalue weighted by Gasteiger charge is -2.32. The van der Waals surface area contributed by atoms with E-state index >= 15 is 0 Å². The van der Waals surface area contributed by atoms with E-state index < -0.39 is 15.4 Å². The van der Waals surface area contributed by atoms with Gasteiger partial charge in [-0.15, -0.1) is 0 Å². The molecule has 0 aromatic rings. The Balaban J connectivity index is 2.33. The molecule has 146 valence electrons. The number of carbonyl (C=O) groups is 1. The van der Waals surface area contributed by atoms with Crippen LogP contribution in [0.4, 0.5) is 0 Å². The summed E-state index contributed by atoms with van der Waals surface area (Å²) in [6.07, 6.45) is 1.50. The van der Waals surface area contributed by atoms with Crippen molar-refractivity contribution in [2.24, 2.45) is 10.4 Å². The minimum Gasteiger partial charge on any atom is -0.355 e. The molecule has 0 spiro atoms. The smallest absolute Gasteiger partial charge is 0.225 e. The lowest BCUT2D eigenvalue weighted by Crippen LogP contribution is -2.51. The predicted octanol–water partition coefficient (Wildman–Crippen LogP) is 0.128. The Labute approximate surface area is 151 Å². The molecule has 0 unspecified atom stereocenters. The van der Waals surface area contributed by atoms with E-state index in [1.54, 1.807) is 18.3 Å². The summed E-state index contributed by atoms with van der Waals surface area (Å²) in [5.41, 5.74) is -0.396. The highest BCUT2D eigenvalue weighted by Gasteiger charge is 2.27. The Kier molecular flexibility index (Phi) is 8.14. The van der Waals surface area contributed by atoms with Crippen molar-refractivity contribution in [3.05, 3.63) is 0 Å². The second kappa shape index (κ2) is 9.38. The summed E-state index contributed by atoms with van der Waals surface area (Å²) >= 11 is 0. The maximum Gasteiger partial charge on any atom is 0.225 e. The number of amides is 1. The van der Waals surface area contributed by atoms with Crippen LogP contribution in [0, 0.1) is 5.41 Å². The third-order valence-electron chi connectivity index (χ3n) is 4.16. The lowest BCUT2D eigenvalue weighted by atomic mass is 9.96. The number of rotatable bonds is 6. The number of aliphatic imine (C=N–C) groups is 1. The van der Waals surface area contributed by atoms with Crippen molar-refractivity contribution in [3.63, 3.8) is 0 Å². The van der Waals surface area contributed by atoms with Gasteiger partial charge in [-0.25, -0.2) is 12.7 Å². The summed E-state index contributed by atoms with van der Waals surface area (Å²) in [7, 11) is -1.40.